The monoisotopic (exact) mass is 386 g/mol. The number of aromatic nitrogens is 2. The topological polar surface area (TPSA) is 97.6 Å². The Morgan fingerprint density at radius 1 is 1.23 bits per heavy atom. The summed E-state index contributed by atoms with van der Waals surface area (Å²) >= 11 is 1.19. The van der Waals surface area contributed by atoms with Gasteiger partial charge in [-0.25, -0.2) is 4.79 Å². The first kappa shape index (κ1) is 22.3. The molecule has 26 heavy (non-hydrogen) atoms. The second-order valence-corrected chi connectivity index (χ2v) is 8.06. The molecule has 1 heterocycles. The first-order valence-corrected chi connectivity index (χ1v) is 9.79. The highest BCUT2D eigenvalue weighted by Crippen LogP contribution is 2.25. The van der Waals surface area contributed by atoms with E-state index in [2.05, 4.69) is 15.5 Å². The zero-order chi connectivity index (χ0) is 19.9. The highest BCUT2D eigenvalue weighted by molar-refractivity contribution is 7.99. The number of nitrogens with one attached hydrogen (secondary N) is 1. The Bertz CT molecular complexity index is 594. The van der Waals surface area contributed by atoms with Gasteiger partial charge in [0.05, 0.1) is 5.75 Å². The normalized spacial score (nSPS) is 12.8. The number of hydrogen-bond donors (Lipinski definition) is 1. The van der Waals surface area contributed by atoms with E-state index in [1.807, 2.05) is 27.7 Å². The molecular weight excluding hydrogens is 356 g/mol. The van der Waals surface area contributed by atoms with Crippen LogP contribution < -0.4 is 5.32 Å². The molecule has 0 aliphatic heterocycles. The average Bonchev–Trinajstić information content (AvgIpc) is 2.98. The smallest absolute Gasteiger partial charge is 0.408 e. The molecule has 0 bridgehead atoms. The van der Waals surface area contributed by atoms with Gasteiger partial charge in [-0.3, -0.25) is 4.79 Å². The first-order valence-electron chi connectivity index (χ1n) is 8.80. The summed E-state index contributed by atoms with van der Waals surface area (Å²) in [5.41, 5.74) is -0.591. The van der Waals surface area contributed by atoms with Crippen LogP contribution in [0.15, 0.2) is 9.64 Å². The van der Waals surface area contributed by atoms with Crippen molar-refractivity contribution in [2.75, 3.05) is 18.8 Å². The Morgan fingerprint density at radius 2 is 1.85 bits per heavy atom. The van der Waals surface area contributed by atoms with E-state index in [-0.39, 0.29) is 17.6 Å². The molecule has 0 saturated carbocycles. The molecular formula is C17H30N4O4S. The number of thioether (sulfide) groups is 1. The average molecular weight is 387 g/mol. The quantitative estimate of drug-likeness (QED) is 0.685. The predicted molar refractivity (Wildman–Crippen MR) is 99.9 cm³/mol. The number of carbonyl (C=O) groups excluding carboxylic acids is 2. The van der Waals surface area contributed by atoms with Crippen LogP contribution in [0.1, 0.15) is 60.4 Å². The highest BCUT2D eigenvalue weighted by atomic mass is 32.2. The van der Waals surface area contributed by atoms with Crippen molar-refractivity contribution < 1.29 is 18.7 Å². The minimum Gasteiger partial charge on any atom is -0.444 e. The third-order valence-corrected chi connectivity index (χ3v) is 4.27. The number of hydrogen-bond acceptors (Lipinski definition) is 7. The number of ether oxygens (including phenoxy) is 1. The SMILES string of the molecule is CCN(CC)C(=O)CSc1nnc([C@H](NC(=O)OC(C)(C)C)C(C)C)o1. The van der Waals surface area contributed by atoms with Crippen LogP contribution in [0.25, 0.3) is 0 Å². The molecule has 0 aliphatic rings. The Balaban J connectivity index is 2.72. The molecule has 1 aromatic rings. The first-order chi connectivity index (χ1) is 12.1. The van der Waals surface area contributed by atoms with E-state index in [1.165, 1.54) is 11.8 Å². The maximum absolute atomic E-state index is 12.0. The van der Waals surface area contributed by atoms with Crippen LogP contribution in [-0.4, -0.2) is 51.5 Å². The van der Waals surface area contributed by atoms with E-state index in [4.69, 9.17) is 9.15 Å². The van der Waals surface area contributed by atoms with Crippen LogP contribution in [0, 0.1) is 5.92 Å². The van der Waals surface area contributed by atoms with Crippen molar-refractivity contribution >= 4 is 23.8 Å². The van der Waals surface area contributed by atoms with E-state index in [1.54, 1.807) is 25.7 Å². The number of amides is 2. The summed E-state index contributed by atoms with van der Waals surface area (Å²) in [7, 11) is 0. The lowest BCUT2D eigenvalue weighted by atomic mass is 10.1. The minimum atomic E-state index is -0.591. The summed E-state index contributed by atoms with van der Waals surface area (Å²) in [5, 5.41) is 11.1. The fourth-order valence-corrected chi connectivity index (χ4v) is 2.82. The Hall–Kier alpha value is -1.77. The number of alkyl carbamates (subject to hydrolysis) is 1. The van der Waals surface area contributed by atoms with E-state index < -0.39 is 17.7 Å². The molecule has 148 valence electrons. The van der Waals surface area contributed by atoms with Gasteiger partial charge in [0.1, 0.15) is 11.6 Å². The summed E-state index contributed by atoms with van der Waals surface area (Å²) in [4.78, 5) is 25.8. The fourth-order valence-electron chi connectivity index (χ4n) is 2.14. The molecule has 0 aliphatic carbocycles. The van der Waals surface area contributed by atoms with Gasteiger partial charge in [-0.15, -0.1) is 10.2 Å². The Kier molecular flexibility index (Phi) is 8.39. The molecule has 8 nitrogen and oxygen atoms in total. The number of carbonyl (C=O) groups is 2. The summed E-state index contributed by atoms with van der Waals surface area (Å²) in [5.74, 6) is 0.573. The second-order valence-electron chi connectivity index (χ2n) is 7.13. The molecule has 0 spiro atoms. The molecule has 0 unspecified atom stereocenters. The summed E-state index contributed by atoms with van der Waals surface area (Å²) < 4.78 is 10.9. The molecule has 0 aromatic carbocycles. The zero-order valence-electron chi connectivity index (χ0n) is 16.7. The van der Waals surface area contributed by atoms with E-state index in [9.17, 15) is 9.59 Å². The van der Waals surface area contributed by atoms with Crippen molar-refractivity contribution in [3.05, 3.63) is 5.89 Å². The maximum atomic E-state index is 12.0. The minimum absolute atomic E-state index is 0.0204. The van der Waals surface area contributed by atoms with E-state index in [0.717, 1.165) is 0 Å². The van der Waals surface area contributed by atoms with Gasteiger partial charge in [-0.2, -0.15) is 0 Å². The molecule has 1 rings (SSSR count). The molecule has 0 radical (unpaired) electrons. The molecule has 1 N–H and O–H groups in total. The van der Waals surface area contributed by atoms with Crippen molar-refractivity contribution in [1.29, 1.82) is 0 Å². The fraction of sp³-hybridized carbons (Fsp3) is 0.765. The van der Waals surface area contributed by atoms with Gasteiger partial charge in [-0.1, -0.05) is 25.6 Å². The summed E-state index contributed by atoms with van der Waals surface area (Å²) in [6, 6.07) is -0.467. The molecule has 0 fully saturated rings. The standard InChI is InChI=1S/C17H30N4O4S/c1-8-21(9-2)12(22)10-26-16-20-19-14(24-16)13(11(3)4)18-15(23)25-17(5,6)7/h11,13H,8-10H2,1-7H3,(H,18,23)/t13-/m1/s1. The third-order valence-electron chi connectivity index (χ3n) is 3.46. The van der Waals surface area contributed by atoms with Crippen molar-refractivity contribution in [2.24, 2.45) is 5.92 Å². The molecule has 0 saturated heterocycles. The van der Waals surface area contributed by atoms with Gasteiger partial charge < -0.3 is 19.4 Å². The lowest BCUT2D eigenvalue weighted by molar-refractivity contribution is -0.127. The van der Waals surface area contributed by atoms with Gasteiger partial charge in [0, 0.05) is 13.1 Å². The van der Waals surface area contributed by atoms with Gasteiger partial charge >= 0.3 is 6.09 Å². The molecule has 9 heteroatoms. The number of rotatable bonds is 8. The van der Waals surface area contributed by atoms with E-state index in [0.29, 0.717) is 24.2 Å². The van der Waals surface area contributed by atoms with Crippen LogP contribution in [-0.2, 0) is 9.53 Å². The van der Waals surface area contributed by atoms with Crippen molar-refractivity contribution in [3.8, 4) is 0 Å². The molecule has 1 atom stereocenters. The molecule has 1 aromatic heterocycles. The van der Waals surface area contributed by atoms with Gasteiger partial charge in [-0.05, 0) is 40.5 Å². The third kappa shape index (κ3) is 7.23. The van der Waals surface area contributed by atoms with Crippen molar-refractivity contribution in [1.82, 2.24) is 20.4 Å². The number of nitrogens with zero attached hydrogens (tertiary/aromatic N) is 3. The van der Waals surface area contributed by atoms with Crippen LogP contribution in [0.4, 0.5) is 4.79 Å². The van der Waals surface area contributed by atoms with Gasteiger partial charge in [0.15, 0.2) is 0 Å². The van der Waals surface area contributed by atoms with Crippen molar-refractivity contribution in [3.63, 3.8) is 0 Å². The highest BCUT2D eigenvalue weighted by Gasteiger charge is 2.27. The summed E-state index contributed by atoms with van der Waals surface area (Å²) in [6.45, 7) is 14.5. The zero-order valence-corrected chi connectivity index (χ0v) is 17.5. The maximum Gasteiger partial charge on any atom is 0.408 e. The second kappa shape index (κ2) is 9.80. The van der Waals surface area contributed by atoms with Crippen LogP contribution in [0.5, 0.6) is 0 Å². The predicted octanol–water partition coefficient (Wildman–Crippen LogP) is 3.25. The van der Waals surface area contributed by atoms with Gasteiger partial charge in [0.2, 0.25) is 11.8 Å². The van der Waals surface area contributed by atoms with Crippen LogP contribution >= 0.6 is 11.8 Å². The lowest BCUT2D eigenvalue weighted by Gasteiger charge is -2.23. The van der Waals surface area contributed by atoms with Crippen molar-refractivity contribution in [2.45, 2.75) is 65.3 Å². The van der Waals surface area contributed by atoms with E-state index >= 15 is 0 Å². The van der Waals surface area contributed by atoms with Crippen LogP contribution in [0.3, 0.4) is 0 Å². The summed E-state index contributed by atoms with van der Waals surface area (Å²) in [6.07, 6.45) is -0.541. The Morgan fingerprint density at radius 3 is 2.35 bits per heavy atom. The van der Waals surface area contributed by atoms with Gasteiger partial charge in [0.25, 0.3) is 5.22 Å². The largest absolute Gasteiger partial charge is 0.444 e. The van der Waals surface area contributed by atoms with Crippen LogP contribution in [0.2, 0.25) is 0 Å². The Labute approximate surface area is 159 Å². The lowest BCUT2D eigenvalue weighted by Crippen LogP contribution is -2.37. The molecule has 2 amide bonds.